The summed E-state index contributed by atoms with van der Waals surface area (Å²) < 4.78 is 15.3. The Morgan fingerprint density at radius 1 is 1.47 bits per heavy atom. The first-order valence-corrected chi connectivity index (χ1v) is 6.19. The van der Waals surface area contributed by atoms with Crippen LogP contribution in [0.2, 0.25) is 0 Å². The summed E-state index contributed by atoms with van der Waals surface area (Å²) in [6.07, 6.45) is 2.70. The first-order chi connectivity index (χ1) is 8.18. The number of nitrogens with zero attached hydrogens (tertiary/aromatic N) is 2. The van der Waals surface area contributed by atoms with Gasteiger partial charge in [-0.25, -0.2) is 9.37 Å². The maximum atomic E-state index is 13.4. The fraction of sp³-hybridized carbons (Fsp3) is 0.250. The van der Waals surface area contributed by atoms with Crippen molar-refractivity contribution in [3.63, 3.8) is 0 Å². The molecule has 3 nitrogen and oxygen atoms in total. The van der Waals surface area contributed by atoms with Crippen molar-refractivity contribution in [2.75, 3.05) is 5.75 Å². The highest BCUT2D eigenvalue weighted by molar-refractivity contribution is 7.99. The highest BCUT2D eigenvalue weighted by atomic mass is 32.2. The third-order valence-electron chi connectivity index (χ3n) is 2.41. The fourth-order valence-corrected chi connectivity index (χ4v) is 2.37. The van der Waals surface area contributed by atoms with Gasteiger partial charge in [0.25, 0.3) is 0 Å². The molecule has 0 saturated heterocycles. The zero-order valence-electron chi connectivity index (χ0n) is 9.38. The number of hydrogen-bond donors (Lipinski definition) is 1. The zero-order chi connectivity index (χ0) is 12.3. The van der Waals surface area contributed by atoms with Gasteiger partial charge in [-0.3, -0.25) is 0 Å². The van der Waals surface area contributed by atoms with Gasteiger partial charge < -0.3 is 9.67 Å². The Kier molecular flexibility index (Phi) is 3.81. The van der Waals surface area contributed by atoms with Crippen LogP contribution in [0.5, 0.6) is 0 Å². The Morgan fingerprint density at radius 3 is 2.88 bits per heavy atom. The Morgan fingerprint density at radius 2 is 2.24 bits per heavy atom. The molecule has 1 atom stereocenters. The summed E-state index contributed by atoms with van der Waals surface area (Å²) in [5, 5.41) is 10.7. The molecule has 17 heavy (non-hydrogen) atoms. The van der Waals surface area contributed by atoms with Gasteiger partial charge in [0.05, 0.1) is 6.10 Å². The number of aryl methyl sites for hydroxylation is 1. The number of thioether (sulfide) groups is 1. The Bertz CT molecular complexity index is 501. The van der Waals surface area contributed by atoms with E-state index in [2.05, 4.69) is 4.98 Å². The van der Waals surface area contributed by atoms with Gasteiger partial charge in [0.2, 0.25) is 0 Å². The molecule has 0 aliphatic heterocycles. The van der Waals surface area contributed by atoms with E-state index in [4.69, 9.17) is 0 Å². The van der Waals surface area contributed by atoms with Crippen LogP contribution in [0, 0.1) is 5.82 Å². The SMILES string of the molecule is Cn1ccnc1SCC(O)c1ccccc1F. The topological polar surface area (TPSA) is 38.0 Å². The Labute approximate surface area is 103 Å². The molecular weight excluding hydrogens is 239 g/mol. The van der Waals surface area contributed by atoms with E-state index in [9.17, 15) is 9.50 Å². The molecule has 2 aromatic rings. The summed E-state index contributed by atoms with van der Waals surface area (Å²) in [6, 6.07) is 6.27. The molecule has 1 heterocycles. The number of halogens is 1. The summed E-state index contributed by atoms with van der Waals surface area (Å²) in [4.78, 5) is 4.12. The molecule has 1 N–H and O–H groups in total. The second-order valence-corrected chi connectivity index (χ2v) is 4.66. The van der Waals surface area contributed by atoms with Gasteiger partial charge in [0, 0.05) is 30.8 Å². The van der Waals surface area contributed by atoms with Crippen molar-refractivity contribution < 1.29 is 9.50 Å². The number of aliphatic hydroxyl groups excluding tert-OH is 1. The first-order valence-electron chi connectivity index (χ1n) is 5.21. The number of aliphatic hydroxyl groups is 1. The quantitative estimate of drug-likeness (QED) is 0.849. The predicted molar refractivity (Wildman–Crippen MR) is 65.3 cm³/mol. The highest BCUT2D eigenvalue weighted by Gasteiger charge is 2.13. The predicted octanol–water partition coefficient (Wildman–Crippen LogP) is 2.38. The summed E-state index contributed by atoms with van der Waals surface area (Å²) >= 11 is 1.40. The highest BCUT2D eigenvalue weighted by Crippen LogP contribution is 2.24. The summed E-state index contributed by atoms with van der Waals surface area (Å²) in [5.74, 6) is 0.00615. The molecule has 1 unspecified atom stereocenters. The van der Waals surface area contributed by atoms with Gasteiger partial charge in [-0.15, -0.1) is 0 Å². The second kappa shape index (κ2) is 5.33. The van der Waals surface area contributed by atoms with Crippen LogP contribution < -0.4 is 0 Å². The molecule has 90 valence electrons. The van der Waals surface area contributed by atoms with E-state index in [1.165, 1.54) is 17.8 Å². The van der Waals surface area contributed by atoms with Crippen molar-refractivity contribution in [3.05, 3.63) is 48.0 Å². The molecule has 0 fully saturated rings. The largest absolute Gasteiger partial charge is 0.387 e. The average Bonchev–Trinajstić information content (AvgIpc) is 2.72. The molecule has 1 aromatic carbocycles. The van der Waals surface area contributed by atoms with Gasteiger partial charge in [-0.05, 0) is 6.07 Å². The van der Waals surface area contributed by atoms with Gasteiger partial charge in [0.1, 0.15) is 5.82 Å². The molecule has 2 rings (SSSR count). The lowest BCUT2D eigenvalue weighted by atomic mass is 10.1. The van der Waals surface area contributed by atoms with E-state index in [1.54, 1.807) is 24.4 Å². The van der Waals surface area contributed by atoms with Crippen LogP contribution in [0.1, 0.15) is 11.7 Å². The zero-order valence-corrected chi connectivity index (χ0v) is 10.2. The van der Waals surface area contributed by atoms with E-state index in [-0.39, 0.29) is 5.82 Å². The van der Waals surface area contributed by atoms with Crippen LogP contribution >= 0.6 is 11.8 Å². The van der Waals surface area contributed by atoms with Gasteiger partial charge >= 0.3 is 0 Å². The molecule has 0 spiro atoms. The lowest BCUT2D eigenvalue weighted by Gasteiger charge is -2.11. The Balaban J connectivity index is 2.01. The lowest BCUT2D eigenvalue weighted by molar-refractivity contribution is 0.199. The summed E-state index contributed by atoms with van der Waals surface area (Å²) in [5.41, 5.74) is 0.328. The molecule has 5 heteroatoms. The molecule has 0 radical (unpaired) electrons. The maximum absolute atomic E-state index is 13.4. The normalized spacial score (nSPS) is 12.6. The van der Waals surface area contributed by atoms with Gasteiger partial charge in [-0.2, -0.15) is 0 Å². The van der Waals surface area contributed by atoms with E-state index < -0.39 is 6.10 Å². The standard InChI is InChI=1S/C12H13FN2OS/c1-15-7-6-14-12(15)17-8-11(16)9-4-2-3-5-10(9)13/h2-7,11,16H,8H2,1H3. The van der Waals surface area contributed by atoms with Crippen LogP contribution in [0.3, 0.4) is 0 Å². The summed E-state index contributed by atoms with van der Waals surface area (Å²) in [6.45, 7) is 0. The summed E-state index contributed by atoms with van der Waals surface area (Å²) in [7, 11) is 1.88. The van der Waals surface area contributed by atoms with Crippen molar-refractivity contribution in [2.24, 2.45) is 7.05 Å². The third-order valence-corrected chi connectivity index (χ3v) is 3.55. The van der Waals surface area contributed by atoms with Crippen molar-refractivity contribution >= 4 is 11.8 Å². The minimum Gasteiger partial charge on any atom is -0.387 e. The molecule has 1 aromatic heterocycles. The number of hydrogen-bond acceptors (Lipinski definition) is 3. The number of imidazole rings is 1. The minimum absolute atomic E-state index is 0.328. The lowest BCUT2D eigenvalue weighted by Crippen LogP contribution is -2.04. The van der Waals surface area contributed by atoms with Crippen LogP contribution in [-0.2, 0) is 7.05 Å². The van der Waals surface area contributed by atoms with Crippen LogP contribution in [0.4, 0.5) is 4.39 Å². The molecule has 0 aliphatic rings. The van der Waals surface area contributed by atoms with Gasteiger partial charge in [0.15, 0.2) is 5.16 Å². The minimum atomic E-state index is -0.821. The monoisotopic (exact) mass is 252 g/mol. The van der Waals surface area contributed by atoms with E-state index in [0.717, 1.165) is 5.16 Å². The molecule has 0 amide bonds. The van der Waals surface area contributed by atoms with Crippen molar-refractivity contribution in [1.82, 2.24) is 9.55 Å². The van der Waals surface area contributed by atoms with Crippen LogP contribution in [0.25, 0.3) is 0 Å². The number of aromatic nitrogens is 2. The van der Waals surface area contributed by atoms with Crippen molar-refractivity contribution in [3.8, 4) is 0 Å². The fourth-order valence-electron chi connectivity index (χ4n) is 1.48. The number of rotatable bonds is 4. The molecular formula is C12H13FN2OS. The third kappa shape index (κ3) is 2.87. The van der Waals surface area contributed by atoms with E-state index in [1.807, 2.05) is 17.8 Å². The second-order valence-electron chi connectivity index (χ2n) is 3.67. The molecule has 0 bridgehead atoms. The van der Waals surface area contributed by atoms with Crippen molar-refractivity contribution in [2.45, 2.75) is 11.3 Å². The smallest absolute Gasteiger partial charge is 0.167 e. The average molecular weight is 252 g/mol. The molecule has 0 aliphatic carbocycles. The van der Waals surface area contributed by atoms with Crippen LogP contribution in [0.15, 0.2) is 41.8 Å². The van der Waals surface area contributed by atoms with E-state index >= 15 is 0 Å². The maximum Gasteiger partial charge on any atom is 0.167 e. The van der Waals surface area contributed by atoms with Crippen molar-refractivity contribution in [1.29, 1.82) is 0 Å². The molecule has 0 saturated carbocycles. The first kappa shape index (κ1) is 12.1. The van der Waals surface area contributed by atoms with E-state index in [0.29, 0.717) is 11.3 Å². The van der Waals surface area contributed by atoms with Gasteiger partial charge in [-0.1, -0.05) is 30.0 Å². The Hall–Kier alpha value is -1.33. The number of benzene rings is 1. The van der Waals surface area contributed by atoms with Crippen LogP contribution in [-0.4, -0.2) is 20.4 Å².